The lowest BCUT2D eigenvalue weighted by Crippen LogP contribution is -2.51. The first-order chi connectivity index (χ1) is 12.1. The number of amides is 1. The average molecular weight is 346 g/mol. The maximum atomic E-state index is 14.8. The van der Waals surface area contributed by atoms with Crippen LogP contribution in [0.5, 0.6) is 0 Å². The van der Waals surface area contributed by atoms with Crippen molar-refractivity contribution in [3.63, 3.8) is 0 Å². The summed E-state index contributed by atoms with van der Waals surface area (Å²) >= 11 is 0. The molecule has 134 valence electrons. The first-order valence-electron chi connectivity index (χ1n) is 8.80. The number of carbonyl (C=O) groups is 1. The number of likely N-dealkylation sites (tertiary alicyclic amines) is 2. The van der Waals surface area contributed by atoms with Crippen LogP contribution in [0.1, 0.15) is 34.9 Å². The van der Waals surface area contributed by atoms with Crippen LogP contribution < -0.4 is 0 Å². The standard InChI is InChI=1S/C19H23FN2O3/c1-14-4-5-15(25-14)11-21-8-6-17(20)19(12-21)7-9-22(13-19)18(23)16-3-2-10-24-16/h2-5,10,17H,6-9,11-13H2,1H3. The zero-order valence-electron chi connectivity index (χ0n) is 14.4. The highest BCUT2D eigenvalue weighted by molar-refractivity contribution is 5.91. The molecular formula is C19H23FN2O3. The van der Waals surface area contributed by atoms with Crippen molar-refractivity contribution in [2.45, 2.75) is 32.5 Å². The van der Waals surface area contributed by atoms with Crippen molar-refractivity contribution < 1.29 is 18.0 Å². The summed E-state index contributed by atoms with van der Waals surface area (Å²) in [5, 5.41) is 0. The van der Waals surface area contributed by atoms with Crippen molar-refractivity contribution in [2.24, 2.45) is 5.41 Å². The second kappa shape index (κ2) is 6.33. The van der Waals surface area contributed by atoms with E-state index in [0.29, 0.717) is 44.8 Å². The molecule has 2 unspecified atom stereocenters. The molecule has 0 radical (unpaired) electrons. The maximum absolute atomic E-state index is 14.8. The molecule has 6 heteroatoms. The van der Waals surface area contributed by atoms with Gasteiger partial charge in [-0.3, -0.25) is 9.69 Å². The van der Waals surface area contributed by atoms with E-state index in [1.165, 1.54) is 6.26 Å². The van der Waals surface area contributed by atoms with Crippen molar-refractivity contribution in [3.8, 4) is 0 Å². The van der Waals surface area contributed by atoms with Gasteiger partial charge in [0.05, 0.1) is 12.8 Å². The van der Waals surface area contributed by atoms with Gasteiger partial charge < -0.3 is 13.7 Å². The van der Waals surface area contributed by atoms with Gasteiger partial charge in [-0.15, -0.1) is 0 Å². The highest BCUT2D eigenvalue weighted by Gasteiger charge is 2.49. The van der Waals surface area contributed by atoms with Crippen LogP contribution in [0.25, 0.3) is 0 Å². The van der Waals surface area contributed by atoms with Crippen LogP contribution in [0.3, 0.4) is 0 Å². The summed E-state index contributed by atoms with van der Waals surface area (Å²) < 4.78 is 25.7. The Morgan fingerprint density at radius 2 is 2.20 bits per heavy atom. The summed E-state index contributed by atoms with van der Waals surface area (Å²) in [6.45, 7) is 5.00. The molecular weight excluding hydrogens is 323 g/mol. The number of hydrogen-bond donors (Lipinski definition) is 0. The monoisotopic (exact) mass is 346 g/mol. The second-order valence-electron chi connectivity index (χ2n) is 7.30. The summed E-state index contributed by atoms with van der Waals surface area (Å²) in [7, 11) is 0. The van der Waals surface area contributed by atoms with Gasteiger partial charge in [-0.2, -0.15) is 0 Å². The first kappa shape index (κ1) is 16.4. The summed E-state index contributed by atoms with van der Waals surface area (Å²) in [5.41, 5.74) is -0.484. The fraction of sp³-hybridized carbons (Fsp3) is 0.526. The van der Waals surface area contributed by atoms with Gasteiger partial charge in [0.1, 0.15) is 17.7 Å². The molecule has 0 aromatic carbocycles. The topological polar surface area (TPSA) is 49.8 Å². The van der Waals surface area contributed by atoms with Crippen LogP contribution in [0.4, 0.5) is 4.39 Å². The van der Waals surface area contributed by atoms with E-state index in [9.17, 15) is 9.18 Å². The van der Waals surface area contributed by atoms with Crippen molar-refractivity contribution >= 4 is 5.91 Å². The lowest BCUT2D eigenvalue weighted by Gasteiger charge is -2.42. The Kier molecular flexibility index (Phi) is 4.15. The predicted octanol–water partition coefficient (Wildman–Crippen LogP) is 3.26. The molecule has 25 heavy (non-hydrogen) atoms. The molecule has 2 aliphatic rings. The van der Waals surface area contributed by atoms with Gasteiger partial charge in [0.15, 0.2) is 5.76 Å². The molecule has 1 amide bonds. The molecule has 0 N–H and O–H groups in total. The number of furan rings is 2. The average Bonchev–Trinajstić information content (AvgIpc) is 3.32. The Labute approximate surface area is 146 Å². The molecule has 5 nitrogen and oxygen atoms in total. The van der Waals surface area contributed by atoms with Crippen molar-refractivity contribution in [1.29, 1.82) is 0 Å². The van der Waals surface area contributed by atoms with Crippen molar-refractivity contribution in [2.75, 3.05) is 26.2 Å². The largest absolute Gasteiger partial charge is 0.465 e. The quantitative estimate of drug-likeness (QED) is 0.856. The van der Waals surface area contributed by atoms with Gasteiger partial charge in [0.2, 0.25) is 0 Å². The van der Waals surface area contributed by atoms with Crippen LogP contribution in [-0.4, -0.2) is 48.1 Å². The summed E-state index contributed by atoms with van der Waals surface area (Å²) in [4.78, 5) is 16.5. The fourth-order valence-electron chi connectivity index (χ4n) is 4.16. The zero-order chi connectivity index (χ0) is 17.4. The lowest BCUT2D eigenvalue weighted by molar-refractivity contribution is 0.00394. The Morgan fingerprint density at radius 3 is 2.92 bits per heavy atom. The molecule has 2 fully saturated rings. The lowest BCUT2D eigenvalue weighted by atomic mass is 9.77. The van der Waals surface area contributed by atoms with Crippen molar-refractivity contribution in [1.82, 2.24) is 9.80 Å². The number of nitrogens with zero attached hydrogens (tertiary/aromatic N) is 2. The minimum absolute atomic E-state index is 0.146. The summed E-state index contributed by atoms with van der Waals surface area (Å²) in [6, 6.07) is 7.29. The van der Waals surface area contributed by atoms with E-state index in [4.69, 9.17) is 8.83 Å². The van der Waals surface area contributed by atoms with E-state index in [-0.39, 0.29) is 5.91 Å². The number of alkyl halides is 1. The highest BCUT2D eigenvalue weighted by Crippen LogP contribution is 2.41. The third kappa shape index (κ3) is 3.11. The van der Waals surface area contributed by atoms with Gasteiger partial charge in [0.25, 0.3) is 5.91 Å². The van der Waals surface area contributed by atoms with Crippen LogP contribution in [0, 0.1) is 12.3 Å². The molecule has 2 atom stereocenters. The molecule has 0 saturated carbocycles. The van der Waals surface area contributed by atoms with E-state index in [1.54, 1.807) is 17.0 Å². The van der Waals surface area contributed by atoms with Gasteiger partial charge in [-0.25, -0.2) is 4.39 Å². The molecule has 2 saturated heterocycles. The number of hydrogen-bond acceptors (Lipinski definition) is 4. The minimum Gasteiger partial charge on any atom is -0.465 e. The van der Waals surface area contributed by atoms with Crippen LogP contribution >= 0.6 is 0 Å². The van der Waals surface area contributed by atoms with Gasteiger partial charge in [-0.1, -0.05) is 0 Å². The Bertz CT molecular complexity index is 742. The Hall–Kier alpha value is -2.08. The smallest absolute Gasteiger partial charge is 0.289 e. The molecule has 2 aliphatic heterocycles. The second-order valence-corrected chi connectivity index (χ2v) is 7.30. The van der Waals surface area contributed by atoms with E-state index in [0.717, 1.165) is 18.1 Å². The summed E-state index contributed by atoms with van der Waals surface area (Å²) in [5.74, 6) is 1.98. The van der Waals surface area contributed by atoms with Gasteiger partial charge in [0, 0.05) is 31.6 Å². The van der Waals surface area contributed by atoms with Crippen molar-refractivity contribution in [3.05, 3.63) is 47.8 Å². The van der Waals surface area contributed by atoms with E-state index < -0.39 is 11.6 Å². The number of aryl methyl sites for hydroxylation is 1. The molecule has 4 heterocycles. The Balaban J connectivity index is 1.45. The molecule has 1 spiro atoms. The van der Waals surface area contributed by atoms with Gasteiger partial charge >= 0.3 is 0 Å². The third-order valence-corrected chi connectivity index (χ3v) is 5.48. The molecule has 2 aromatic rings. The minimum atomic E-state index is -0.878. The number of rotatable bonds is 3. The van der Waals surface area contributed by atoms with E-state index in [2.05, 4.69) is 4.90 Å². The van der Waals surface area contributed by atoms with Crippen LogP contribution in [0.15, 0.2) is 39.4 Å². The van der Waals surface area contributed by atoms with E-state index in [1.807, 2.05) is 19.1 Å². The maximum Gasteiger partial charge on any atom is 0.289 e. The van der Waals surface area contributed by atoms with E-state index >= 15 is 0 Å². The molecule has 0 bridgehead atoms. The molecule has 4 rings (SSSR count). The number of carbonyl (C=O) groups excluding carboxylic acids is 1. The SMILES string of the molecule is Cc1ccc(CN2CCC(F)C3(CCN(C(=O)c4ccco4)C3)C2)o1. The summed E-state index contributed by atoms with van der Waals surface area (Å²) in [6.07, 6.45) is 1.80. The third-order valence-electron chi connectivity index (χ3n) is 5.48. The highest BCUT2D eigenvalue weighted by atomic mass is 19.1. The number of halogens is 1. The number of piperidine rings is 1. The molecule has 0 aliphatic carbocycles. The molecule has 2 aromatic heterocycles. The fourth-order valence-corrected chi connectivity index (χ4v) is 4.16. The zero-order valence-corrected chi connectivity index (χ0v) is 14.4. The van der Waals surface area contributed by atoms with Crippen LogP contribution in [-0.2, 0) is 6.54 Å². The first-order valence-corrected chi connectivity index (χ1v) is 8.80. The van der Waals surface area contributed by atoms with Gasteiger partial charge in [-0.05, 0) is 44.0 Å². The Morgan fingerprint density at radius 1 is 1.32 bits per heavy atom. The normalized spacial score (nSPS) is 27.3. The predicted molar refractivity (Wildman–Crippen MR) is 89.9 cm³/mol. The van der Waals surface area contributed by atoms with Crippen LogP contribution in [0.2, 0.25) is 0 Å².